The van der Waals surface area contributed by atoms with Crippen LogP contribution in [0.5, 0.6) is 11.8 Å². The Morgan fingerprint density at radius 2 is 1.89 bits per heavy atom. The minimum atomic E-state index is -5.25. The normalized spacial score (nSPS) is 22.7. The van der Waals surface area contributed by atoms with Gasteiger partial charge >= 0.3 is 18.2 Å². The molecule has 1 N–H and O–H groups in total. The summed E-state index contributed by atoms with van der Waals surface area (Å²) in [5.41, 5.74) is -3.74. The maximum Gasteiger partial charge on any atom is 0.490 e. The molecule has 2 aliphatic rings. The molecule has 0 aliphatic carbocycles. The summed E-state index contributed by atoms with van der Waals surface area (Å²) in [5.74, 6) is -3.37. The zero-order valence-corrected chi connectivity index (χ0v) is 29.5. The zero-order valence-electron chi connectivity index (χ0n) is 28.8. The highest BCUT2D eigenvalue weighted by Gasteiger charge is 2.47. The summed E-state index contributed by atoms with van der Waals surface area (Å²) in [6.07, 6.45) is -1.78. The summed E-state index contributed by atoms with van der Waals surface area (Å²) in [6.45, 7) is 3.21. The van der Waals surface area contributed by atoms with Crippen molar-refractivity contribution in [3.8, 4) is 35.2 Å². The number of hydrogen-bond donors (Lipinski definition) is 1. The standard InChI is InChI=1S/C37H34ClF7N4O4/c1-5-21-26(39)8-7-19-13-20(50)14-22(27(19)21)28-25(38)15-23-30(29(28)40)46-34(52-18-35(2)16-48(4)12-9-24(35)31(41)42)47-32(23)49-11-6-10-36(3,17-49)53-33(51)37(43,44)45/h1,7-8,13-15,24,31,50H,6,9-12,16-18H2,2-4H3/t24-,35+,36-/m1/s1. The summed E-state index contributed by atoms with van der Waals surface area (Å²) in [7, 11) is 1.78. The monoisotopic (exact) mass is 766 g/mol. The van der Waals surface area contributed by atoms with Crippen molar-refractivity contribution in [2.45, 2.75) is 51.3 Å². The van der Waals surface area contributed by atoms with Crippen LogP contribution in [-0.2, 0) is 9.53 Å². The first-order valence-corrected chi connectivity index (χ1v) is 17.0. The van der Waals surface area contributed by atoms with Gasteiger partial charge in [-0.1, -0.05) is 30.5 Å². The SMILES string of the molecule is C#Cc1c(F)ccc2cc(O)cc(-c3c(Cl)cc4c(N5CCC[C@@](C)(OC(=O)C(F)(F)F)C5)nc(OC[C@]5(C)CN(C)CC[C@@H]5C(F)F)nc4c3F)c12. The van der Waals surface area contributed by atoms with E-state index in [0.717, 1.165) is 12.1 Å². The number of piperidine rings is 2. The Kier molecular flexibility index (Phi) is 10.1. The number of anilines is 1. The number of phenols is 1. The number of halogens is 8. The lowest BCUT2D eigenvalue weighted by atomic mass is 9.73. The lowest BCUT2D eigenvalue weighted by Crippen LogP contribution is -2.51. The molecule has 3 atom stereocenters. The molecule has 3 heterocycles. The fourth-order valence-electron chi connectivity index (χ4n) is 7.56. The Bertz CT molecular complexity index is 2150. The van der Waals surface area contributed by atoms with E-state index in [0.29, 0.717) is 6.54 Å². The number of nitrogens with zero attached hydrogens (tertiary/aromatic N) is 4. The van der Waals surface area contributed by atoms with Gasteiger partial charge in [-0.15, -0.1) is 6.42 Å². The smallest absolute Gasteiger partial charge is 0.490 e. The van der Waals surface area contributed by atoms with Crippen LogP contribution >= 0.6 is 11.6 Å². The first-order valence-electron chi connectivity index (χ1n) is 16.6. The Balaban J connectivity index is 1.53. The molecule has 2 fully saturated rings. The van der Waals surface area contributed by atoms with Crippen LogP contribution in [0.3, 0.4) is 0 Å². The van der Waals surface area contributed by atoms with Crippen molar-refractivity contribution in [3.05, 3.63) is 52.6 Å². The predicted octanol–water partition coefficient (Wildman–Crippen LogP) is 8.13. The zero-order chi connectivity index (χ0) is 38.6. The number of likely N-dealkylation sites (tertiary alicyclic amines) is 1. The van der Waals surface area contributed by atoms with Crippen LogP contribution in [0.15, 0.2) is 30.3 Å². The van der Waals surface area contributed by atoms with Crippen molar-refractivity contribution < 1.29 is 50.1 Å². The largest absolute Gasteiger partial charge is 0.508 e. The number of carbonyl (C=O) groups is 1. The molecule has 1 aromatic heterocycles. The summed E-state index contributed by atoms with van der Waals surface area (Å²) >= 11 is 6.75. The number of alkyl halides is 5. The predicted molar refractivity (Wildman–Crippen MR) is 184 cm³/mol. The molecule has 0 radical (unpaired) electrons. The van der Waals surface area contributed by atoms with Crippen molar-refractivity contribution in [1.29, 1.82) is 0 Å². The third kappa shape index (κ3) is 7.35. The minimum absolute atomic E-state index is 0.0168. The Morgan fingerprint density at radius 1 is 1.15 bits per heavy atom. The molecule has 16 heteroatoms. The van der Waals surface area contributed by atoms with E-state index in [2.05, 4.69) is 15.9 Å². The quantitative estimate of drug-likeness (QED) is 0.115. The first-order chi connectivity index (χ1) is 24.8. The maximum absolute atomic E-state index is 17.1. The summed E-state index contributed by atoms with van der Waals surface area (Å²) < 4.78 is 111. The number of aromatic nitrogens is 2. The van der Waals surface area contributed by atoms with Crippen molar-refractivity contribution in [1.82, 2.24) is 14.9 Å². The number of esters is 1. The van der Waals surface area contributed by atoms with Gasteiger partial charge in [0.15, 0.2) is 5.82 Å². The fourth-order valence-corrected chi connectivity index (χ4v) is 7.85. The molecule has 2 aliphatic heterocycles. The van der Waals surface area contributed by atoms with Gasteiger partial charge in [-0.3, -0.25) is 0 Å². The van der Waals surface area contributed by atoms with E-state index < -0.39 is 58.7 Å². The van der Waals surface area contributed by atoms with E-state index in [1.807, 2.05) is 4.90 Å². The average Bonchev–Trinajstić information content (AvgIpc) is 3.06. The molecule has 0 unspecified atom stereocenters. The van der Waals surface area contributed by atoms with Gasteiger partial charge in [0, 0.05) is 40.8 Å². The number of aromatic hydroxyl groups is 1. The Hall–Kier alpha value is -4.55. The average molecular weight is 767 g/mol. The maximum atomic E-state index is 17.1. The van der Waals surface area contributed by atoms with Gasteiger partial charge in [0.25, 0.3) is 0 Å². The van der Waals surface area contributed by atoms with Crippen LogP contribution in [-0.4, -0.2) is 84.0 Å². The van der Waals surface area contributed by atoms with Crippen LogP contribution in [0.1, 0.15) is 38.7 Å². The highest BCUT2D eigenvalue weighted by Crippen LogP contribution is 2.45. The van der Waals surface area contributed by atoms with E-state index in [-0.39, 0.29) is 94.9 Å². The molecular weight excluding hydrogens is 733 g/mol. The highest BCUT2D eigenvalue weighted by atomic mass is 35.5. The Morgan fingerprint density at radius 3 is 2.57 bits per heavy atom. The van der Waals surface area contributed by atoms with E-state index in [9.17, 15) is 36.2 Å². The number of ether oxygens (including phenoxy) is 2. The first kappa shape index (κ1) is 38.2. The van der Waals surface area contributed by atoms with Gasteiger partial charge in [0.2, 0.25) is 6.43 Å². The second kappa shape index (κ2) is 14.0. The van der Waals surface area contributed by atoms with E-state index in [4.69, 9.17) is 27.5 Å². The second-order valence-corrected chi connectivity index (χ2v) is 14.6. The van der Waals surface area contributed by atoms with E-state index >= 15 is 4.39 Å². The number of benzene rings is 3. The van der Waals surface area contributed by atoms with Crippen molar-refractivity contribution in [3.63, 3.8) is 0 Å². The molecule has 0 saturated carbocycles. The summed E-state index contributed by atoms with van der Waals surface area (Å²) in [6, 6.07) is 5.79. The molecule has 0 bridgehead atoms. The van der Waals surface area contributed by atoms with E-state index in [1.54, 1.807) is 14.0 Å². The molecule has 53 heavy (non-hydrogen) atoms. The number of rotatable bonds is 7. The molecule has 0 spiro atoms. The lowest BCUT2D eigenvalue weighted by Gasteiger charge is -2.44. The molecule has 8 nitrogen and oxygen atoms in total. The van der Waals surface area contributed by atoms with Gasteiger partial charge in [0.1, 0.15) is 28.5 Å². The third-order valence-electron chi connectivity index (χ3n) is 10.0. The number of terminal acetylenes is 1. The van der Waals surface area contributed by atoms with Crippen LogP contribution in [0.4, 0.5) is 36.6 Å². The fraction of sp³-hybridized carbons (Fsp3) is 0.432. The molecule has 0 amide bonds. The lowest BCUT2D eigenvalue weighted by molar-refractivity contribution is -0.213. The van der Waals surface area contributed by atoms with Gasteiger partial charge in [-0.2, -0.15) is 23.1 Å². The Labute approximate surface area is 304 Å². The minimum Gasteiger partial charge on any atom is -0.508 e. The number of hydrogen-bond acceptors (Lipinski definition) is 8. The summed E-state index contributed by atoms with van der Waals surface area (Å²) in [4.78, 5) is 24.1. The molecule has 4 aromatic rings. The van der Waals surface area contributed by atoms with E-state index in [1.165, 1.54) is 30.0 Å². The van der Waals surface area contributed by atoms with Crippen molar-refractivity contribution in [2.24, 2.45) is 11.3 Å². The van der Waals surface area contributed by atoms with Gasteiger partial charge in [-0.05, 0) is 75.0 Å². The van der Waals surface area contributed by atoms with Gasteiger partial charge < -0.3 is 24.4 Å². The van der Waals surface area contributed by atoms with Crippen molar-refractivity contribution in [2.75, 3.05) is 44.7 Å². The highest BCUT2D eigenvalue weighted by molar-refractivity contribution is 6.35. The molecular formula is C37H34ClF7N4O4. The van der Waals surface area contributed by atoms with Crippen molar-refractivity contribution >= 4 is 45.1 Å². The van der Waals surface area contributed by atoms with Gasteiger partial charge in [-0.25, -0.2) is 22.4 Å². The van der Waals surface area contributed by atoms with Crippen LogP contribution in [0.25, 0.3) is 32.8 Å². The van der Waals surface area contributed by atoms with Crippen LogP contribution in [0, 0.1) is 35.3 Å². The van der Waals surface area contributed by atoms with Crippen LogP contribution < -0.4 is 9.64 Å². The molecule has 6 rings (SSSR count). The topological polar surface area (TPSA) is 88.0 Å². The second-order valence-electron chi connectivity index (χ2n) is 14.2. The summed E-state index contributed by atoms with van der Waals surface area (Å²) in [5, 5.41) is 10.7. The molecule has 2 saturated heterocycles. The number of phenolic OH excluding ortho intramolecular Hbond substituents is 1. The number of fused-ring (bicyclic) bond motifs is 2. The molecule has 282 valence electrons. The third-order valence-corrected chi connectivity index (χ3v) is 10.3. The van der Waals surface area contributed by atoms with Crippen LogP contribution in [0.2, 0.25) is 5.02 Å². The van der Waals surface area contributed by atoms with Gasteiger partial charge in [0.05, 0.1) is 23.7 Å². The number of carbonyl (C=O) groups excluding carboxylic acids is 1. The molecule has 3 aromatic carbocycles.